The van der Waals surface area contributed by atoms with Crippen LogP contribution in [0, 0.1) is 0 Å². The van der Waals surface area contributed by atoms with E-state index in [0.717, 1.165) is 0 Å². The lowest BCUT2D eigenvalue weighted by Crippen LogP contribution is -2.24. The van der Waals surface area contributed by atoms with Gasteiger partial charge in [-0.15, -0.1) is 0 Å². The van der Waals surface area contributed by atoms with E-state index in [1.165, 1.54) is 6.21 Å². The van der Waals surface area contributed by atoms with Crippen LogP contribution in [-0.4, -0.2) is 30.4 Å². The van der Waals surface area contributed by atoms with Crippen molar-refractivity contribution in [3.05, 3.63) is 51.5 Å². The van der Waals surface area contributed by atoms with Gasteiger partial charge in [-0.05, 0) is 58.7 Å². The number of phenolic OH excluding ortho intramolecular Hbond substituents is 1. The molecule has 0 aliphatic heterocycles. The molecular formula is C17H16BrClN2O4. The van der Waals surface area contributed by atoms with Crippen molar-refractivity contribution in [1.29, 1.82) is 0 Å². The highest BCUT2D eigenvalue weighted by Gasteiger charge is 2.08. The molecule has 0 saturated heterocycles. The van der Waals surface area contributed by atoms with Gasteiger partial charge in [0, 0.05) is 5.02 Å². The Labute approximate surface area is 158 Å². The summed E-state index contributed by atoms with van der Waals surface area (Å²) in [6.45, 7) is 2.04. The lowest BCUT2D eigenvalue weighted by Gasteiger charge is -2.08. The highest BCUT2D eigenvalue weighted by atomic mass is 79.9. The SMILES string of the molecule is CCOc1cc(/C=N/NC(=O)COc2cccc(Cl)c2)cc(Br)c1O. The van der Waals surface area contributed by atoms with Gasteiger partial charge in [0.05, 0.1) is 17.3 Å². The molecule has 2 rings (SSSR count). The second-order valence-electron chi connectivity index (χ2n) is 4.82. The van der Waals surface area contributed by atoms with Crippen LogP contribution in [0.4, 0.5) is 0 Å². The fraction of sp³-hybridized carbons (Fsp3) is 0.176. The molecule has 8 heteroatoms. The first-order valence-corrected chi connectivity index (χ1v) is 8.52. The molecular weight excluding hydrogens is 412 g/mol. The molecule has 0 unspecified atom stereocenters. The normalized spacial score (nSPS) is 10.7. The summed E-state index contributed by atoms with van der Waals surface area (Å²) in [5.41, 5.74) is 3.00. The van der Waals surface area contributed by atoms with E-state index in [4.69, 9.17) is 21.1 Å². The molecule has 0 aromatic heterocycles. The molecule has 0 atom stereocenters. The number of halogens is 2. The first kappa shape index (κ1) is 19.1. The average Bonchev–Trinajstić information content (AvgIpc) is 2.58. The highest BCUT2D eigenvalue weighted by molar-refractivity contribution is 9.10. The first-order valence-electron chi connectivity index (χ1n) is 7.35. The third-order valence-corrected chi connectivity index (χ3v) is 3.76. The first-order chi connectivity index (χ1) is 12.0. The van der Waals surface area contributed by atoms with E-state index < -0.39 is 5.91 Å². The van der Waals surface area contributed by atoms with Crippen molar-refractivity contribution in [2.45, 2.75) is 6.92 Å². The predicted molar refractivity (Wildman–Crippen MR) is 99.7 cm³/mol. The number of carbonyl (C=O) groups excluding carboxylic acids is 1. The lowest BCUT2D eigenvalue weighted by atomic mass is 10.2. The van der Waals surface area contributed by atoms with E-state index >= 15 is 0 Å². The van der Waals surface area contributed by atoms with E-state index in [9.17, 15) is 9.90 Å². The Hall–Kier alpha value is -2.25. The molecule has 6 nitrogen and oxygen atoms in total. The predicted octanol–water partition coefficient (Wildman–Crippen LogP) is 3.74. The van der Waals surface area contributed by atoms with E-state index in [1.54, 1.807) is 36.4 Å². The van der Waals surface area contributed by atoms with Gasteiger partial charge in [0.15, 0.2) is 18.1 Å². The van der Waals surface area contributed by atoms with Crippen molar-refractivity contribution in [2.75, 3.05) is 13.2 Å². The molecule has 0 aliphatic rings. The number of aromatic hydroxyl groups is 1. The van der Waals surface area contributed by atoms with Crippen LogP contribution < -0.4 is 14.9 Å². The maximum absolute atomic E-state index is 11.7. The molecule has 2 N–H and O–H groups in total. The number of hydrazone groups is 1. The second-order valence-corrected chi connectivity index (χ2v) is 6.11. The van der Waals surface area contributed by atoms with Crippen LogP contribution in [0.5, 0.6) is 17.2 Å². The van der Waals surface area contributed by atoms with E-state index in [2.05, 4.69) is 26.5 Å². The fourth-order valence-electron chi connectivity index (χ4n) is 1.85. The Morgan fingerprint density at radius 1 is 1.36 bits per heavy atom. The zero-order valence-corrected chi connectivity index (χ0v) is 15.7. The van der Waals surface area contributed by atoms with Crippen LogP contribution in [-0.2, 0) is 4.79 Å². The number of carbonyl (C=O) groups is 1. The summed E-state index contributed by atoms with van der Waals surface area (Å²) in [6.07, 6.45) is 1.43. The van der Waals surface area contributed by atoms with E-state index in [0.29, 0.717) is 33.2 Å². The van der Waals surface area contributed by atoms with Crippen LogP contribution in [0.15, 0.2) is 46.0 Å². The van der Waals surface area contributed by atoms with Gasteiger partial charge in [0.2, 0.25) is 0 Å². The monoisotopic (exact) mass is 426 g/mol. The molecule has 0 bridgehead atoms. The summed E-state index contributed by atoms with van der Waals surface area (Å²) in [7, 11) is 0. The molecule has 2 aromatic carbocycles. The van der Waals surface area contributed by atoms with Gasteiger partial charge >= 0.3 is 0 Å². The number of rotatable bonds is 7. The summed E-state index contributed by atoms with van der Waals surface area (Å²) < 4.78 is 11.1. The zero-order valence-electron chi connectivity index (χ0n) is 13.3. The number of benzene rings is 2. The number of amides is 1. The molecule has 1 amide bonds. The standard InChI is InChI=1S/C17H16BrClN2O4/c1-2-24-15-7-11(6-14(18)17(15)23)9-20-21-16(22)10-25-13-5-3-4-12(19)8-13/h3-9,23H,2,10H2,1H3,(H,21,22)/b20-9+. The van der Waals surface area contributed by atoms with Crippen LogP contribution >= 0.6 is 27.5 Å². The molecule has 0 heterocycles. The minimum absolute atomic E-state index is 0.0120. The van der Waals surface area contributed by atoms with Crippen molar-refractivity contribution in [1.82, 2.24) is 5.43 Å². The molecule has 2 aromatic rings. The Balaban J connectivity index is 1.90. The highest BCUT2D eigenvalue weighted by Crippen LogP contribution is 2.35. The number of nitrogens with zero attached hydrogens (tertiary/aromatic N) is 1. The summed E-state index contributed by atoms with van der Waals surface area (Å²) in [4.78, 5) is 11.7. The topological polar surface area (TPSA) is 80.2 Å². The van der Waals surface area contributed by atoms with Crippen molar-refractivity contribution in [3.63, 3.8) is 0 Å². The van der Waals surface area contributed by atoms with Crippen LogP contribution in [0.25, 0.3) is 0 Å². The van der Waals surface area contributed by atoms with Gasteiger partial charge in [0.1, 0.15) is 5.75 Å². The van der Waals surface area contributed by atoms with Gasteiger partial charge in [-0.3, -0.25) is 4.79 Å². The molecule has 0 fully saturated rings. The molecule has 132 valence electrons. The minimum Gasteiger partial charge on any atom is -0.503 e. The maximum Gasteiger partial charge on any atom is 0.277 e. The Bertz CT molecular complexity index is 783. The summed E-state index contributed by atoms with van der Waals surface area (Å²) in [6, 6.07) is 10.0. The third-order valence-electron chi connectivity index (χ3n) is 2.92. The maximum atomic E-state index is 11.7. The Kier molecular flexibility index (Phi) is 7.09. The number of phenols is 1. The van der Waals surface area contributed by atoms with Crippen LogP contribution in [0.2, 0.25) is 5.02 Å². The quantitative estimate of drug-likeness (QED) is 0.521. The second kappa shape index (κ2) is 9.29. The molecule has 0 saturated carbocycles. The van der Waals surface area contributed by atoms with Crippen LogP contribution in [0.3, 0.4) is 0 Å². The van der Waals surface area contributed by atoms with Gasteiger partial charge < -0.3 is 14.6 Å². The Morgan fingerprint density at radius 2 is 2.16 bits per heavy atom. The minimum atomic E-state index is -0.417. The molecule has 0 aliphatic carbocycles. The van der Waals surface area contributed by atoms with Crippen LogP contribution in [0.1, 0.15) is 12.5 Å². The summed E-state index contributed by atoms with van der Waals surface area (Å²) >= 11 is 9.07. The third kappa shape index (κ3) is 5.95. The smallest absolute Gasteiger partial charge is 0.277 e. The van der Waals surface area contributed by atoms with Gasteiger partial charge in [-0.1, -0.05) is 17.7 Å². The number of hydrogen-bond acceptors (Lipinski definition) is 5. The van der Waals surface area contributed by atoms with Crippen molar-refractivity contribution < 1.29 is 19.4 Å². The molecule has 0 spiro atoms. The lowest BCUT2D eigenvalue weighted by molar-refractivity contribution is -0.123. The number of ether oxygens (including phenoxy) is 2. The van der Waals surface area contributed by atoms with Crippen molar-refractivity contribution in [3.8, 4) is 17.2 Å². The Morgan fingerprint density at radius 3 is 2.88 bits per heavy atom. The fourth-order valence-corrected chi connectivity index (χ4v) is 2.49. The number of hydrogen-bond donors (Lipinski definition) is 2. The summed E-state index contributed by atoms with van der Waals surface area (Å²) in [5.74, 6) is 0.418. The van der Waals surface area contributed by atoms with E-state index in [-0.39, 0.29) is 12.4 Å². The van der Waals surface area contributed by atoms with Gasteiger partial charge in [-0.2, -0.15) is 5.10 Å². The molecule has 25 heavy (non-hydrogen) atoms. The average molecular weight is 428 g/mol. The van der Waals surface area contributed by atoms with Gasteiger partial charge in [-0.25, -0.2) is 5.43 Å². The van der Waals surface area contributed by atoms with Crippen molar-refractivity contribution >= 4 is 39.7 Å². The summed E-state index contributed by atoms with van der Waals surface area (Å²) in [5, 5.41) is 14.2. The number of nitrogens with one attached hydrogen (secondary N) is 1. The van der Waals surface area contributed by atoms with Crippen molar-refractivity contribution in [2.24, 2.45) is 5.10 Å². The van der Waals surface area contributed by atoms with Gasteiger partial charge in [0.25, 0.3) is 5.91 Å². The zero-order chi connectivity index (χ0) is 18.2. The molecule has 0 radical (unpaired) electrons. The van der Waals surface area contributed by atoms with E-state index in [1.807, 2.05) is 6.92 Å². The largest absolute Gasteiger partial charge is 0.503 e.